The molecule has 3 rings (SSSR count). The van der Waals surface area contributed by atoms with E-state index in [4.69, 9.17) is 4.74 Å². The van der Waals surface area contributed by atoms with Crippen LogP contribution in [0.4, 0.5) is 5.69 Å². The SMILES string of the molecule is Cc1cccc(NCc2ccccc2OCCc2ccccc2)c1C. The molecule has 0 radical (unpaired) electrons. The van der Waals surface area contributed by atoms with Gasteiger partial charge in [0.25, 0.3) is 0 Å². The third kappa shape index (κ3) is 4.63. The largest absolute Gasteiger partial charge is 0.493 e. The van der Waals surface area contributed by atoms with E-state index in [1.165, 1.54) is 27.9 Å². The summed E-state index contributed by atoms with van der Waals surface area (Å²) >= 11 is 0. The fourth-order valence-corrected chi connectivity index (χ4v) is 2.85. The molecule has 0 heterocycles. The van der Waals surface area contributed by atoms with E-state index >= 15 is 0 Å². The van der Waals surface area contributed by atoms with Crippen molar-refractivity contribution in [3.05, 3.63) is 95.1 Å². The lowest BCUT2D eigenvalue weighted by Gasteiger charge is -2.15. The van der Waals surface area contributed by atoms with Crippen LogP contribution in [0.3, 0.4) is 0 Å². The summed E-state index contributed by atoms with van der Waals surface area (Å²) in [5, 5.41) is 3.54. The molecule has 0 fully saturated rings. The lowest BCUT2D eigenvalue weighted by molar-refractivity contribution is 0.319. The molecule has 3 aromatic carbocycles. The number of benzene rings is 3. The molecule has 3 aromatic rings. The van der Waals surface area contributed by atoms with Crippen LogP contribution in [0.2, 0.25) is 0 Å². The third-order valence-corrected chi connectivity index (χ3v) is 4.54. The molecule has 0 aromatic heterocycles. The van der Waals surface area contributed by atoms with Gasteiger partial charge < -0.3 is 10.1 Å². The van der Waals surface area contributed by atoms with Gasteiger partial charge in [-0.15, -0.1) is 0 Å². The zero-order valence-corrected chi connectivity index (χ0v) is 15.0. The summed E-state index contributed by atoms with van der Waals surface area (Å²) in [5.41, 5.74) is 6.26. The highest BCUT2D eigenvalue weighted by Gasteiger charge is 2.05. The van der Waals surface area contributed by atoms with Gasteiger partial charge in [0.1, 0.15) is 5.75 Å². The molecule has 0 atom stereocenters. The zero-order valence-electron chi connectivity index (χ0n) is 15.0. The number of anilines is 1. The van der Waals surface area contributed by atoms with E-state index in [1.807, 2.05) is 18.2 Å². The third-order valence-electron chi connectivity index (χ3n) is 4.54. The van der Waals surface area contributed by atoms with E-state index in [0.717, 1.165) is 18.7 Å². The Kier molecular flexibility index (Phi) is 5.73. The lowest BCUT2D eigenvalue weighted by Crippen LogP contribution is -2.07. The summed E-state index contributed by atoms with van der Waals surface area (Å²) in [6, 6.07) is 25.1. The smallest absolute Gasteiger partial charge is 0.124 e. The van der Waals surface area contributed by atoms with Gasteiger partial charge in [-0.2, -0.15) is 0 Å². The molecule has 2 heteroatoms. The van der Waals surface area contributed by atoms with Crippen molar-refractivity contribution in [2.45, 2.75) is 26.8 Å². The summed E-state index contributed by atoms with van der Waals surface area (Å²) in [4.78, 5) is 0. The average Bonchev–Trinajstić information content (AvgIpc) is 2.65. The fraction of sp³-hybridized carbons (Fsp3) is 0.217. The van der Waals surface area contributed by atoms with Crippen LogP contribution in [0.5, 0.6) is 5.75 Å². The van der Waals surface area contributed by atoms with E-state index < -0.39 is 0 Å². The van der Waals surface area contributed by atoms with Crippen LogP contribution in [0, 0.1) is 13.8 Å². The highest BCUT2D eigenvalue weighted by molar-refractivity contribution is 5.54. The van der Waals surface area contributed by atoms with Crippen LogP contribution in [0.15, 0.2) is 72.8 Å². The highest BCUT2D eigenvalue weighted by Crippen LogP contribution is 2.22. The molecule has 0 aliphatic rings. The Morgan fingerprint density at radius 2 is 1.56 bits per heavy atom. The Morgan fingerprint density at radius 1 is 0.800 bits per heavy atom. The van der Waals surface area contributed by atoms with Crippen molar-refractivity contribution in [1.82, 2.24) is 0 Å². The molecule has 25 heavy (non-hydrogen) atoms. The Hall–Kier alpha value is -2.74. The van der Waals surface area contributed by atoms with Gasteiger partial charge in [0.05, 0.1) is 6.61 Å². The molecule has 0 saturated carbocycles. The first-order valence-electron chi connectivity index (χ1n) is 8.79. The van der Waals surface area contributed by atoms with Crippen LogP contribution < -0.4 is 10.1 Å². The minimum absolute atomic E-state index is 0.685. The normalized spacial score (nSPS) is 10.5. The minimum atomic E-state index is 0.685. The van der Waals surface area contributed by atoms with Crippen LogP contribution in [0.1, 0.15) is 22.3 Å². The summed E-state index contributed by atoms with van der Waals surface area (Å²) in [5.74, 6) is 0.955. The van der Waals surface area contributed by atoms with Crippen molar-refractivity contribution in [2.24, 2.45) is 0 Å². The van der Waals surface area contributed by atoms with Crippen molar-refractivity contribution < 1.29 is 4.74 Å². The van der Waals surface area contributed by atoms with Gasteiger partial charge >= 0.3 is 0 Å². The standard InChI is InChI=1S/C23H25NO/c1-18-9-8-13-22(19(18)2)24-17-21-12-6-7-14-23(21)25-16-15-20-10-4-3-5-11-20/h3-14,24H,15-17H2,1-2H3. The number of nitrogens with one attached hydrogen (secondary N) is 1. The first kappa shape index (κ1) is 17.1. The van der Waals surface area contributed by atoms with Crippen LogP contribution >= 0.6 is 0 Å². The summed E-state index contributed by atoms with van der Waals surface area (Å²) < 4.78 is 6.04. The highest BCUT2D eigenvalue weighted by atomic mass is 16.5. The average molecular weight is 331 g/mol. The van der Waals surface area contributed by atoms with E-state index in [2.05, 4.69) is 73.8 Å². The second kappa shape index (κ2) is 8.39. The van der Waals surface area contributed by atoms with Gasteiger partial charge in [0.2, 0.25) is 0 Å². The first-order valence-corrected chi connectivity index (χ1v) is 8.79. The lowest BCUT2D eigenvalue weighted by atomic mass is 10.1. The summed E-state index contributed by atoms with van der Waals surface area (Å²) in [7, 11) is 0. The summed E-state index contributed by atoms with van der Waals surface area (Å²) in [6.45, 7) is 5.73. The number of hydrogen-bond acceptors (Lipinski definition) is 2. The Balaban J connectivity index is 1.61. The molecule has 0 saturated heterocycles. The van der Waals surface area contributed by atoms with Crippen molar-refractivity contribution in [3.8, 4) is 5.75 Å². The predicted octanol–water partition coefficient (Wildman–Crippen LogP) is 5.54. The van der Waals surface area contributed by atoms with E-state index in [-0.39, 0.29) is 0 Å². The Labute approximate surface area is 150 Å². The van der Waals surface area contributed by atoms with Crippen molar-refractivity contribution in [1.29, 1.82) is 0 Å². The second-order valence-corrected chi connectivity index (χ2v) is 6.29. The topological polar surface area (TPSA) is 21.3 Å². The fourth-order valence-electron chi connectivity index (χ4n) is 2.85. The Bertz CT molecular complexity index is 811. The maximum Gasteiger partial charge on any atom is 0.124 e. The van der Waals surface area contributed by atoms with Crippen LogP contribution in [-0.2, 0) is 13.0 Å². The molecule has 1 N–H and O–H groups in total. The monoisotopic (exact) mass is 331 g/mol. The number of para-hydroxylation sites is 1. The molecule has 0 aliphatic carbocycles. The molecule has 0 amide bonds. The second-order valence-electron chi connectivity index (χ2n) is 6.29. The molecular weight excluding hydrogens is 306 g/mol. The van der Waals surface area contributed by atoms with E-state index in [9.17, 15) is 0 Å². The zero-order chi connectivity index (χ0) is 17.5. The maximum atomic E-state index is 6.04. The number of hydrogen-bond donors (Lipinski definition) is 1. The van der Waals surface area contributed by atoms with Gasteiger partial charge in [-0.05, 0) is 42.7 Å². The van der Waals surface area contributed by atoms with Gasteiger partial charge in [0.15, 0.2) is 0 Å². The number of ether oxygens (including phenoxy) is 1. The predicted molar refractivity (Wildman–Crippen MR) is 105 cm³/mol. The molecule has 0 unspecified atom stereocenters. The van der Waals surface area contributed by atoms with Gasteiger partial charge in [-0.25, -0.2) is 0 Å². The van der Waals surface area contributed by atoms with Crippen LogP contribution in [0.25, 0.3) is 0 Å². The molecule has 128 valence electrons. The van der Waals surface area contributed by atoms with E-state index in [0.29, 0.717) is 6.61 Å². The molecule has 0 bridgehead atoms. The minimum Gasteiger partial charge on any atom is -0.493 e. The van der Waals surface area contributed by atoms with Gasteiger partial charge in [0, 0.05) is 24.2 Å². The quantitative estimate of drug-likeness (QED) is 0.614. The van der Waals surface area contributed by atoms with Gasteiger partial charge in [-0.1, -0.05) is 60.7 Å². The summed E-state index contributed by atoms with van der Waals surface area (Å²) in [6.07, 6.45) is 0.916. The van der Waals surface area contributed by atoms with Crippen molar-refractivity contribution >= 4 is 5.69 Å². The molecule has 0 spiro atoms. The molecular formula is C23H25NO. The first-order chi connectivity index (χ1) is 12.2. The van der Waals surface area contributed by atoms with E-state index in [1.54, 1.807) is 0 Å². The Morgan fingerprint density at radius 3 is 2.40 bits per heavy atom. The van der Waals surface area contributed by atoms with Gasteiger partial charge in [-0.3, -0.25) is 0 Å². The number of aryl methyl sites for hydroxylation is 1. The molecule has 0 aliphatic heterocycles. The van der Waals surface area contributed by atoms with Crippen LogP contribution in [-0.4, -0.2) is 6.61 Å². The van der Waals surface area contributed by atoms with Crippen molar-refractivity contribution in [2.75, 3.05) is 11.9 Å². The van der Waals surface area contributed by atoms with Crippen molar-refractivity contribution in [3.63, 3.8) is 0 Å². The maximum absolute atomic E-state index is 6.04. The molecule has 2 nitrogen and oxygen atoms in total. The number of rotatable bonds is 7.